The van der Waals surface area contributed by atoms with Gasteiger partial charge in [0.05, 0.1) is 12.0 Å². The molecule has 0 saturated carbocycles. The van der Waals surface area contributed by atoms with Crippen LogP contribution in [0.1, 0.15) is 12.5 Å². The third-order valence-corrected chi connectivity index (χ3v) is 3.37. The molecule has 2 N–H and O–H groups in total. The maximum Gasteiger partial charge on any atom is 0.250 e. The summed E-state index contributed by atoms with van der Waals surface area (Å²) in [6, 6.07) is 5.78. The minimum Gasteiger partial charge on any atom is -0.341 e. The second-order valence-corrected chi connectivity index (χ2v) is 5.09. The number of H-pyrrole nitrogens is 1. The number of fused-ring (bicyclic) bond motifs is 1. The first-order valence-electron chi connectivity index (χ1n) is 6.78. The summed E-state index contributed by atoms with van der Waals surface area (Å²) >= 11 is 0. The molecule has 0 aliphatic rings. The number of benzene rings is 1. The molecule has 0 aliphatic heterocycles. The molecule has 0 saturated heterocycles. The quantitative estimate of drug-likeness (QED) is 0.727. The standard InChI is InChI=1S/C16H15N5O/c1-9(2)16(22)21-12-6-11(5-4-10(12)3)13-14-15(19-7-17-13)20-8-18-14/h4-8H,1H2,2-3H3,(H,21,22)(H,17,18,19,20). The van der Waals surface area contributed by atoms with E-state index >= 15 is 0 Å². The van der Waals surface area contributed by atoms with E-state index in [1.54, 1.807) is 13.3 Å². The number of aryl methyl sites for hydroxylation is 1. The molecule has 110 valence electrons. The molecule has 1 aromatic carbocycles. The highest BCUT2D eigenvalue weighted by Crippen LogP contribution is 2.27. The normalized spacial score (nSPS) is 10.6. The van der Waals surface area contributed by atoms with Crippen molar-refractivity contribution in [1.29, 1.82) is 0 Å². The third kappa shape index (κ3) is 2.46. The van der Waals surface area contributed by atoms with E-state index in [4.69, 9.17) is 0 Å². The molecule has 22 heavy (non-hydrogen) atoms. The highest BCUT2D eigenvalue weighted by atomic mass is 16.1. The van der Waals surface area contributed by atoms with Gasteiger partial charge in [-0.1, -0.05) is 18.7 Å². The molecule has 2 heterocycles. The molecular formula is C16H15N5O. The van der Waals surface area contributed by atoms with E-state index in [9.17, 15) is 4.79 Å². The second-order valence-electron chi connectivity index (χ2n) is 5.09. The number of hydrogen-bond donors (Lipinski definition) is 2. The summed E-state index contributed by atoms with van der Waals surface area (Å²) in [5.74, 6) is -0.199. The Balaban J connectivity index is 2.07. The lowest BCUT2D eigenvalue weighted by Gasteiger charge is -2.10. The zero-order valence-electron chi connectivity index (χ0n) is 12.3. The predicted molar refractivity (Wildman–Crippen MR) is 85.3 cm³/mol. The lowest BCUT2D eigenvalue weighted by molar-refractivity contribution is -0.112. The fourth-order valence-corrected chi connectivity index (χ4v) is 2.12. The molecule has 1 amide bonds. The monoisotopic (exact) mass is 293 g/mol. The van der Waals surface area contributed by atoms with E-state index in [2.05, 4.69) is 31.8 Å². The fraction of sp³-hybridized carbons (Fsp3) is 0.125. The van der Waals surface area contributed by atoms with E-state index in [-0.39, 0.29) is 5.91 Å². The van der Waals surface area contributed by atoms with Crippen molar-refractivity contribution in [3.8, 4) is 11.3 Å². The maximum atomic E-state index is 11.8. The number of amides is 1. The molecule has 2 aromatic heterocycles. The minimum absolute atomic E-state index is 0.199. The van der Waals surface area contributed by atoms with E-state index in [1.165, 1.54) is 6.33 Å². The molecule has 0 atom stereocenters. The van der Waals surface area contributed by atoms with Gasteiger partial charge in [0, 0.05) is 16.8 Å². The Morgan fingerprint density at radius 2 is 2.09 bits per heavy atom. The predicted octanol–water partition coefficient (Wildman–Crippen LogP) is 2.84. The summed E-state index contributed by atoms with van der Waals surface area (Å²) in [6.07, 6.45) is 3.06. The zero-order valence-corrected chi connectivity index (χ0v) is 12.3. The van der Waals surface area contributed by atoms with Gasteiger partial charge < -0.3 is 10.3 Å². The number of anilines is 1. The van der Waals surface area contributed by atoms with Gasteiger partial charge in [-0.05, 0) is 25.5 Å². The van der Waals surface area contributed by atoms with E-state index in [0.29, 0.717) is 11.2 Å². The highest BCUT2D eigenvalue weighted by molar-refractivity contribution is 6.03. The van der Waals surface area contributed by atoms with Gasteiger partial charge in [0.2, 0.25) is 0 Å². The molecule has 0 spiro atoms. The van der Waals surface area contributed by atoms with Gasteiger partial charge in [0.25, 0.3) is 5.91 Å². The molecule has 6 nitrogen and oxygen atoms in total. The van der Waals surface area contributed by atoms with Gasteiger partial charge in [-0.3, -0.25) is 4.79 Å². The number of hydrogen-bond acceptors (Lipinski definition) is 4. The summed E-state index contributed by atoms with van der Waals surface area (Å²) in [6.45, 7) is 7.26. The number of rotatable bonds is 3. The first-order valence-corrected chi connectivity index (χ1v) is 6.78. The van der Waals surface area contributed by atoms with Crippen LogP contribution in [0.3, 0.4) is 0 Å². The number of carbonyl (C=O) groups is 1. The number of aromatic nitrogens is 4. The van der Waals surface area contributed by atoms with E-state index in [1.807, 2.05) is 25.1 Å². The second kappa shape index (κ2) is 5.40. The average Bonchev–Trinajstić information content (AvgIpc) is 2.97. The molecule has 6 heteroatoms. The minimum atomic E-state index is -0.199. The molecule has 0 aliphatic carbocycles. The van der Waals surface area contributed by atoms with Crippen LogP contribution in [-0.2, 0) is 4.79 Å². The van der Waals surface area contributed by atoms with Crippen molar-refractivity contribution in [2.24, 2.45) is 0 Å². The maximum absolute atomic E-state index is 11.8. The van der Waals surface area contributed by atoms with E-state index in [0.717, 1.165) is 28.0 Å². The summed E-state index contributed by atoms with van der Waals surface area (Å²) in [4.78, 5) is 27.4. The Morgan fingerprint density at radius 1 is 1.27 bits per heavy atom. The van der Waals surface area contributed by atoms with Crippen LogP contribution < -0.4 is 5.32 Å². The lowest BCUT2D eigenvalue weighted by Crippen LogP contribution is -2.12. The van der Waals surface area contributed by atoms with Gasteiger partial charge >= 0.3 is 0 Å². The van der Waals surface area contributed by atoms with Crippen LogP contribution in [0.2, 0.25) is 0 Å². The van der Waals surface area contributed by atoms with Crippen LogP contribution in [0.15, 0.2) is 43.0 Å². The first kappa shape index (κ1) is 13.9. The molecule has 0 bridgehead atoms. The van der Waals surface area contributed by atoms with Crippen molar-refractivity contribution >= 4 is 22.8 Å². The van der Waals surface area contributed by atoms with Crippen molar-refractivity contribution in [3.63, 3.8) is 0 Å². The zero-order chi connectivity index (χ0) is 15.7. The van der Waals surface area contributed by atoms with Gasteiger partial charge in [-0.2, -0.15) is 0 Å². The van der Waals surface area contributed by atoms with Crippen LogP contribution in [0.5, 0.6) is 0 Å². The molecule has 3 aromatic rings. The molecule has 0 unspecified atom stereocenters. The molecule has 0 radical (unpaired) electrons. The van der Waals surface area contributed by atoms with Gasteiger partial charge in [0.15, 0.2) is 5.65 Å². The number of carbonyl (C=O) groups excluding carboxylic acids is 1. The summed E-state index contributed by atoms with van der Waals surface area (Å²) < 4.78 is 0. The molecule has 0 fully saturated rings. The number of aromatic amines is 1. The van der Waals surface area contributed by atoms with Gasteiger partial charge in [-0.25, -0.2) is 15.0 Å². The van der Waals surface area contributed by atoms with E-state index < -0.39 is 0 Å². The average molecular weight is 293 g/mol. The topological polar surface area (TPSA) is 83.6 Å². The van der Waals surface area contributed by atoms with Crippen LogP contribution in [0, 0.1) is 6.92 Å². The summed E-state index contributed by atoms with van der Waals surface area (Å²) in [7, 11) is 0. The van der Waals surface area contributed by atoms with Crippen LogP contribution in [0.25, 0.3) is 22.4 Å². The van der Waals surface area contributed by atoms with Crippen molar-refractivity contribution in [2.45, 2.75) is 13.8 Å². The Kier molecular flexibility index (Phi) is 3.42. The number of nitrogens with one attached hydrogen (secondary N) is 2. The van der Waals surface area contributed by atoms with Crippen LogP contribution >= 0.6 is 0 Å². The Hall–Kier alpha value is -3.02. The van der Waals surface area contributed by atoms with Crippen LogP contribution in [0.4, 0.5) is 5.69 Å². The third-order valence-electron chi connectivity index (χ3n) is 3.37. The summed E-state index contributed by atoms with van der Waals surface area (Å²) in [5.41, 5.74) is 5.15. The smallest absolute Gasteiger partial charge is 0.250 e. The van der Waals surface area contributed by atoms with Gasteiger partial charge in [-0.15, -0.1) is 0 Å². The van der Waals surface area contributed by atoms with Crippen molar-refractivity contribution < 1.29 is 4.79 Å². The lowest BCUT2D eigenvalue weighted by atomic mass is 10.1. The highest BCUT2D eigenvalue weighted by Gasteiger charge is 2.11. The van der Waals surface area contributed by atoms with Gasteiger partial charge in [0.1, 0.15) is 11.8 Å². The number of imidazole rings is 1. The fourth-order valence-electron chi connectivity index (χ4n) is 2.12. The SMILES string of the molecule is C=C(C)C(=O)Nc1cc(-c2ncnc3nc[nH]c23)ccc1C. The van der Waals surface area contributed by atoms with Crippen molar-refractivity contribution in [1.82, 2.24) is 19.9 Å². The Morgan fingerprint density at radius 3 is 2.86 bits per heavy atom. The Bertz CT molecular complexity index is 881. The van der Waals surface area contributed by atoms with Crippen LogP contribution in [-0.4, -0.2) is 25.8 Å². The van der Waals surface area contributed by atoms with Crippen molar-refractivity contribution in [2.75, 3.05) is 5.32 Å². The molecule has 3 rings (SSSR count). The largest absolute Gasteiger partial charge is 0.341 e. The van der Waals surface area contributed by atoms with Crippen molar-refractivity contribution in [3.05, 3.63) is 48.6 Å². The Labute approximate surface area is 127 Å². The summed E-state index contributed by atoms with van der Waals surface area (Å²) in [5, 5.41) is 2.85. The number of nitrogens with zero attached hydrogens (tertiary/aromatic N) is 3. The first-order chi connectivity index (χ1) is 10.6. The molecular weight excluding hydrogens is 278 g/mol.